The third-order valence-corrected chi connectivity index (χ3v) is 4.55. The molecule has 4 nitrogen and oxygen atoms in total. The minimum absolute atomic E-state index is 0.573. The Morgan fingerprint density at radius 2 is 1.62 bits per heavy atom. The van der Waals surface area contributed by atoms with E-state index in [4.69, 9.17) is 0 Å². The summed E-state index contributed by atoms with van der Waals surface area (Å²) in [5, 5.41) is 3.49. The van der Waals surface area contributed by atoms with E-state index in [1.807, 2.05) is 18.5 Å². The van der Waals surface area contributed by atoms with E-state index < -0.39 is 0 Å². The Bertz CT molecular complexity index is 580. The van der Waals surface area contributed by atoms with Crippen LogP contribution in [0.2, 0.25) is 0 Å². The average molecular weight is 280 g/mol. The number of hydrogen-bond acceptors (Lipinski definition) is 4. The summed E-state index contributed by atoms with van der Waals surface area (Å²) in [4.78, 5) is 11.7. The van der Waals surface area contributed by atoms with Crippen LogP contribution in [0.1, 0.15) is 24.0 Å². The van der Waals surface area contributed by atoms with Crippen molar-refractivity contribution in [3.05, 3.63) is 53.9 Å². The van der Waals surface area contributed by atoms with Crippen molar-refractivity contribution in [2.24, 2.45) is 0 Å². The van der Waals surface area contributed by atoms with E-state index in [0.717, 1.165) is 25.5 Å². The van der Waals surface area contributed by atoms with Crippen molar-refractivity contribution in [1.29, 1.82) is 0 Å². The molecule has 0 aliphatic carbocycles. The van der Waals surface area contributed by atoms with Crippen molar-refractivity contribution in [2.45, 2.75) is 31.3 Å². The summed E-state index contributed by atoms with van der Waals surface area (Å²) in [6, 6.07) is 11.6. The van der Waals surface area contributed by atoms with Crippen molar-refractivity contribution in [1.82, 2.24) is 15.3 Å². The zero-order chi connectivity index (χ0) is 14.1. The molecule has 2 saturated heterocycles. The van der Waals surface area contributed by atoms with Crippen LogP contribution in [0, 0.1) is 0 Å². The molecule has 3 heterocycles. The maximum Gasteiger partial charge on any atom is 0.225 e. The lowest BCUT2D eigenvalue weighted by molar-refractivity contribution is 0.477. The van der Waals surface area contributed by atoms with Gasteiger partial charge in [-0.05, 0) is 24.0 Å². The first-order valence-corrected chi connectivity index (χ1v) is 7.74. The Kier molecular flexibility index (Phi) is 3.31. The van der Waals surface area contributed by atoms with Crippen LogP contribution in [-0.4, -0.2) is 35.1 Å². The lowest BCUT2D eigenvalue weighted by Crippen LogP contribution is -2.52. The van der Waals surface area contributed by atoms with Crippen LogP contribution >= 0.6 is 0 Å². The van der Waals surface area contributed by atoms with Crippen molar-refractivity contribution < 1.29 is 0 Å². The van der Waals surface area contributed by atoms with E-state index >= 15 is 0 Å². The summed E-state index contributed by atoms with van der Waals surface area (Å²) in [7, 11) is 0. The van der Waals surface area contributed by atoms with Crippen LogP contribution in [0.5, 0.6) is 0 Å². The number of piperazine rings is 1. The average Bonchev–Trinajstić information content (AvgIpc) is 2.78. The molecule has 4 rings (SSSR count). The van der Waals surface area contributed by atoms with Crippen molar-refractivity contribution in [2.75, 3.05) is 18.0 Å². The highest BCUT2D eigenvalue weighted by Crippen LogP contribution is 2.29. The fourth-order valence-corrected chi connectivity index (χ4v) is 3.51. The molecule has 2 bridgehead atoms. The molecule has 2 aliphatic heterocycles. The number of aromatic nitrogens is 2. The van der Waals surface area contributed by atoms with Gasteiger partial charge in [-0.25, -0.2) is 9.97 Å². The van der Waals surface area contributed by atoms with Gasteiger partial charge in [0.25, 0.3) is 0 Å². The fourth-order valence-electron chi connectivity index (χ4n) is 3.51. The summed E-state index contributed by atoms with van der Waals surface area (Å²) in [6.45, 7) is 2.12. The van der Waals surface area contributed by atoms with Crippen molar-refractivity contribution >= 4 is 5.95 Å². The lowest BCUT2D eigenvalue weighted by Gasteiger charge is -2.35. The van der Waals surface area contributed by atoms with Crippen LogP contribution in [0.25, 0.3) is 0 Å². The van der Waals surface area contributed by atoms with Gasteiger partial charge in [0.15, 0.2) is 0 Å². The first-order valence-electron chi connectivity index (χ1n) is 7.74. The van der Waals surface area contributed by atoms with E-state index in [2.05, 4.69) is 44.5 Å². The number of rotatable bonds is 3. The monoisotopic (exact) mass is 280 g/mol. The minimum atomic E-state index is 0.573. The molecular formula is C17H20N4. The molecule has 1 N–H and O–H groups in total. The predicted molar refractivity (Wildman–Crippen MR) is 83.4 cm³/mol. The van der Waals surface area contributed by atoms with E-state index in [9.17, 15) is 0 Å². The van der Waals surface area contributed by atoms with Gasteiger partial charge in [0.2, 0.25) is 5.95 Å². The van der Waals surface area contributed by atoms with Gasteiger partial charge in [0, 0.05) is 44.0 Å². The highest BCUT2D eigenvalue weighted by atomic mass is 15.3. The molecule has 2 aliphatic rings. The molecule has 2 atom stereocenters. The summed E-state index contributed by atoms with van der Waals surface area (Å²) in [5.41, 5.74) is 2.48. The molecule has 2 fully saturated rings. The van der Waals surface area contributed by atoms with Crippen LogP contribution in [-0.2, 0) is 6.42 Å². The van der Waals surface area contributed by atoms with E-state index in [1.165, 1.54) is 24.0 Å². The second kappa shape index (κ2) is 5.45. The Hall–Kier alpha value is -1.94. The lowest BCUT2D eigenvalue weighted by atomic mass is 10.1. The standard InChI is InChI=1S/C17H20N4/c1-2-4-13(5-3-1)8-14-9-19-17(20-10-14)21-15-6-7-16(21)12-18-11-15/h1-5,9-10,15-16,18H,6-8,11-12H2. The Balaban J connectivity index is 1.51. The van der Waals surface area contributed by atoms with Crippen LogP contribution < -0.4 is 10.2 Å². The van der Waals surface area contributed by atoms with Crippen molar-refractivity contribution in [3.63, 3.8) is 0 Å². The molecule has 0 radical (unpaired) electrons. The molecule has 2 unspecified atom stereocenters. The van der Waals surface area contributed by atoms with Crippen LogP contribution in [0.3, 0.4) is 0 Å². The summed E-state index contributed by atoms with van der Waals surface area (Å²) < 4.78 is 0. The van der Waals surface area contributed by atoms with Crippen LogP contribution in [0.15, 0.2) is 42.7 Å². The van der Waals surface area contributed by atoms with Gasteiger partial charge >= 0.3 is 0 Å². The minimum Gasteiger partial charge on any atom is -0.332 e. The molecule has 21 heavy (non-hydrogen) atoms. The fraction of sp³-hybridized carbons (Fsp3) is 0.412. The Labute approximate surface area is 125 Å². The Morgan fingerprint density at radius 3 is 2.29 bits per heavy atom. The van der Waals surface area contributed by atoms with E-state index in [-0.39, 0.29) is 0 Å². The number of nitrogens with one attached hydrogen (secondary N) is 1. The maximum absolute atomic E-state index is 4.63. The normalized spacial score (nSPS) is 24.3. The smallest absolute Gasteiger partial charge is 0.225 e. The topological polar surface area (TPSA) is 41.1 Å². The van der Waals surface area contributed by atoms with Gasteiger partial charge in [0.05, 0.1) is 0 Å². The summed E-state index contributed by atoms with van der Waals surface area (Å²) in [6.07, 6.45) is 7.38. The zero-order valence-corrected chi connectivity index (χ0v) is 12.1. The van der Waals surface area contributed by atoms with Crippen molar-refractivity contribution in [3.8, 4) is 0 Å². The molecule has 108 valence electrons. The van der Waals surface area contributed by atoms with Gasteiger partial charge in [0.1, 0.15) is 0 Å². The Morgan fingerprint density at radius 1 is 0.952 bits per heavy atom. The number of nitrogens with zero attached hydrogens (tertiary/aromatic N) is 3. The first-order chi connectivity index (χ1) is 10.4. The van der Waals surface area contributed by atoms with Crippen LogP contribution in [0.4, 0.5) is 5.95 Å². The van der Waals surface area contributed by atoms with Gasteiger partial charge in [-0.3, -0.25) is 0 Å². The molecule has 1 aromatic heterocycles. The third kappa shape index (κ3) is 2.51. The van der Waals surface area contributed by atoms with E-state index in [1.54, 1.807) is 0 Å². The van der Waals surface area contributed by atoms with Gasteiger partial charge in [-0.2, -0.15) is 0 Å². The largest absolute Gasteiger partial charge is 0.332 e. The van der Waals surface area contributed by atoms with Gasteiger partial charge in [-0.1, -0.05) is 30.3 Å². The summed E-state index contributed by atoms with van der Waals surface area (Å²) in [5.74, 6) is 0.904. The molecular weight excluding hydrogens is 260 g/mol. The molecule has 0 spiro atoms. The second-order valence-electron chi connectivity index (χ2n) is 6.00. The highest BCUT2D eigenvalue weighted by Gasteiger charge is 2.37. The maximum atomic E-state index is 4.63. The molecule has 4 heteroatoms. The van der Waals surface area contributed by atoms with E-state index in [0.29, 0.717) is 12.1 Å². The quantitative estimate of drug-likeness (QED) is 0.934. The van der Waals surface area contributed by atoms with Gasteiger partial charge < -0.3 is 10.2 Å². The SMILES string of the molecule is c1ccc(Cc2cnc(N3C4CCC3CNC4)nc2)cc1. The first kappa shape index (κ1) is 12.8. The number of fused-ring (bicyclic) bond motifs is 2. The molecule has 2 aromatic rings. The van der Waals surface area contributed by atoms with Gasteiger partial charge in [-0.15, -0.1) is 0 Å². The summed E-state index contributed by atoms with van der Waals surface area (Å²) >= 11 is 0. The molecule has 0 saturated carbocycles. The number of hydrogen-bond donors (Lipinski definition) is 1. The molecule has 1 aromatic carbocycles. The highest BCUT2D eigenvalue weighted by molar-refractivity contribution is 5.38. The zero-order valence-electron chi connectivity index (χ0n) is 12.1. The number of benzene rings is 1. The number of anilines is 1. The molecule has 0 amide bonds. The predicted octanol–water partition coefficient (Wildman–Crippen LogP) is 2.01. The second-order valence-corrected chi connectivity index (χ2v) is 6.00. The third-order valence-electron chi connectivity index (χ3n) is 4.55.